The van der Waals surface area contributed by atoms with Crippen molar-refractivity contribution in [3.8, 4) is 5.69 Å². The van der Waals surface area contributed by atoms with E-state index in [0.717, 1.165) is 48.6 Å². The molecule has 1 aliphatic heterocycles. The van der Waals surface area contributed by atoms with Crippen LogP contribution in [-0.2, 0) is 12.8 Å². The van der Waals surface area contributed by atoms with E-state index in [2.05, 4.69) is 47.1 Å². The van der Waals surface area contributed by atoms with Crippen LogP contribution in [0.5, 0.6) is 0 Å². The molecule has 154 valence electrons. The normalized spacial score (nSPS) is 22.6. The minimum atomic E-state index is -0.177. The average molecular weight is 402 g/mol. The maximum absolute atomic E-state index is 13.0. The maximum Gasteiger partial charge on any atom is 0.320 e. The smallest absolute Gasteiger partial charge is 0.320 e. The molecule has 1 aliphatic carbocycles. The Kier molecular flexibility index (Phi) is 5.01. The highest BCUT2D eigenvalue weighted by Crippen LogP contribution is 2.31. The molecule has 1 saturated heterocycles. The quantitative estimate of drug-likeness (QED) is 0.625. The Labute approximate surface area is 176 Å². The van der Waals surface area contributed by atoms with E-state index in [-0.39, 0.29) is 18.0 Å². The topological polar surface area (TPSA) is 71.0 Å². The molecule has 2 aliphatic rings. The minimum Gasteiger partial charge on any atom is -0.333 e. The fraction of sp³-hybridized carbons (Fsp3) is 0.333. The summed E-state index contributed by atoms with van der Waals surface area (Å²) in [6.45, 7) is 2.93. The van der Waals surface area contributed by atoms with Gasteiger partial charge in [0.1, 0.15) is 5.82 Å². The first-order valence-electron chi connectivity index (χ1n) is 10.7. The number of hydrogen-bond acceptors (Lipinski definition) is 3. The number of carbonyl (C=O) groups excluding carboxylic acids is 1. The molecule has 3 aromatic rings. The third kappa shape index (κ3) is 3.48. The van der Waals surface area contributed by atoms with Gasteiger partial charge >= 0.3 is 6.03 Å². The molecule has 2 amide bonds. The average Bonchev–Trinajstić information content (AvgIpc) is 3.46. The van der Waals surface area contributed by atoms with Crippen LogP contribution >= 0.6 is 0 Å². The van der Waals surface area contributed by atoms with Crippen LogP contribution in [0.1, 0.15) is 36.1 Å². The van der Waals surface area contributed by atoms with Crippen molar-refractivity contribution < 1.29 is 4.79 Å². The fourth-order valence-corrected chi connectivity index (χ4v) is 4.84. The van der Waals surface area contributed by atoms with Crippen molar-refractivity contribution in [1.82, 2.24) is 20.4 Å². The molecule has 2 heterocycles. The zero-order valence-corrected chi connectivity index (χ0v) is 17.1. The highest BCUT2D eigenvalue weighted by Gasteiger charge is 2.35. The van der Waals surface area contributed by atoms with Gasteiger partial charge in [-0.2, -0.15) is 5.10 Å². The molecule has 0 saturated carbocycles. The van der Waals surface area contributed by atoms with Crippen LogP contribution in [0.3, 0.4) is 0 Å². The number of rotatable bonds is 4. The molecule has 1 fully saturated rings. The predicted octanol–water partition coefficient (Wildman–Crippen LogP) is 3.63. The molecule has 3 N–H and O–H groups in total. The van der Waals surface area contributed by atoms with Gasteiger partial charge in [0.15, 0.2) is 0 Å². The second-order valence-electron chi connectivity index (χ2n) is 8.21. The SMILES string of the molecule is C[C@@H]1NC[C@@H](NC(=O)Nc2c3c(nn2-c2ccccc2)CCC3)[C@@H]1c1ccccc1. The molecule has 1 aromatic heterocycles. The van der Waals surface area contributed by atoms with E-state index in [4.69, 9.17) is 5.10 Å². The van der Waals surface area contributed by atoms with E-state index in [1.807, 2.05) is 41.1 Å². The summed E-state index contributed by atoms with van der Waals surface area (Å²) in [7, 11) is 0. The summed E-state index contributed by atoms with van der Waals surface area (Å²) >= 11 is 0. The summed E-state index contributed by atoms with van der Waals surface area (Å²) in [6, 6.07) is 20.6. The first kappa shape index (κ1) is 18.9. The van der Waals surface area contributed by atoms with Crippen molar-refractivity contribution in [1.29, 1.82) is 0 Å². The third-order valence-electron chi connectivity index (χ3n) is 6.27. The van der Waals surface area contributed by atoms with Crippen LogP contribution in [0.25, 0.3) is 5.69 Å². The molecule has 3 atom stereocenters. The molecule has 5 rings (SSSR count). The number of amides is 2. The van der Waals surface area contributed by atoms with Crippen LogP contribution in [0.15, 0.2) is 60.7 Å². The number of aryl methyl sites for hydroxylation is 1. The Balaban J connectivity index is 1.37. The first-order valence-corrected chi connectivity index (χ1v) is 10.7. The van der Waals surface area contributed by atoms with Crippen LogP contribution in [0.2, 0.25) is 0 Å². The van der Waals surface area contributed by atoms with Crippen LogP contribution in [-0.4, -0.2) is 34.4 Å². The predicted molar refractivity (Wildman–Crippen MR) is 118 cm³/mol. The van der Waals surface area contributed by atoms with Crippen molar-refractivity contribution in [2.75, 3.05) is 11.9 Å². The second kappa shape index (κ2) is 7.95. The Bertz CT molecular complexity index is 1030. The van der Waals surface area contributed by atoms with Gasteiger partial charge in [-0.3, -0.25) is 5.32 Å². The first-order chi connectivity index (χ1) is 14.7. The Morgan fingerprint density at radius 2 is 1.80 bits per heavy atom. The summed E-state index contributed by atoms with van der Waals surface area (Å²) in [4.78, 5) is 13.0. The number of nitrogens with one attached hydrogen (secondary N) is 3. The van der Waals surface area contributed by atoms with E-state index in [9.17, 15) is 4.79 Å². The monoisotopic (exact) mass is 401 g/mol. The van der Waals surface area contributed by atoms with E-state index < -0.39 is 0 Å². The fourth-order valence-electron chi connectivity index (χ4n) is 4.84. The number of hydrogen-bond donors (Lipinski definition) is 3. The van der Waals surface area contributed by atoms with E-state index in [1.165, 1.54) is 5.56 Å². The van der Waals surface area contributed by atoms with Gasteiger partial charge in [-0.1, -0.05) is 48.5 Å². The summed E-state index contributed by atoms with van der Waals surface area (Å²) < 4.78 is 1.87. The van der Waals surface area contributed by atoms with Gasteiger partial charge in [-0.15, -0.1) is 0 Å². The molecule has 6 heteroatoms. The molecule has 6 nitrogen and oxygen atoms in total. The van der Waals surface area contributed by atoms with Gasteiger partial charge in [0, 0.05) is 24.1 Å². The lowest BCUT2D eigenvalue weighted by atomic mass is 9.89. The number of benzene rings is 2. The van der Waals surface area contributed by atoms with E-state index >= 15 is 0 Å². The standard InChI is InChI=1S/C24H27N5O/c1-16-22(17-9-4-2-5-10-17)21(15-25-16)26-24(30)27-23-19-13-8-14-20(19)28-29(23)18-11-6-3-7-12-18/h2-7,9-12,16,21-22,25H,8,13-15H2,1H3,(H2,26,27,30)/t16-,21+,22-/m0/s1. The van der Waals surface area contributed by atoms with Crippen LogP contribution in [0.4, 0.5) is 10.6 Å². The van der Waals surface area contributed by atoms with Crippen molar-refractivity contribution in [3.05, 3.63) is 77.5 Å². The molecule has 0 radical (unpaired) electrons. The summed E-state index contributed by atoms with van der Waals surface area (Å²) in [6.07, 6.45) is 3.00. The number of fused-ring (bicyclic) bond motifs is 1. The van der Waals surface area contributed by atoms with Crippen molar-refractivity contribution >= 4 is 11.8 Å². The summed E-state index contributed by atoms with van der Waals surface area (Å²) in [5.74, 6) is 1.03. The second-order valence-corrected chi connectivity index (χ2v) is 8.21. The maximum atomic E-state index is 13.0. The van der Waals surface area contributed by atoms with Crippen molar-refractivity contribution in [3.63, 3.8) is 0 Å². The number of carbonyl (C=O) groups is 1. The van der Waals surface area contributed by atoms with Crippen LogP contribution < -0.4 is 16.0 Å². The Morgan fingerprint density at radius 3 is 2.57 bits per heavy atom. The Morgan fingerprint density at radius 1 is 1.07 bits per heavy atom. The summed E-state index contributed by atoms with van der Waals surface area (Å²) in [5, 5.41) is 14.6. The molecule has 0 bridgehead atoms. The van der Waals surface area contributed by atoms with Crippen molar-refractivity contribution in [2.45, 2.75) is 44.2 Å². The zero-order valence-electron chi connectivity index (χ0n) is 17.1. The van der Waals surface area contributed by atoms with Gasteiger partial charge in [0.05, 0.1) is 17.4 Å². The van der Waals surface area contributed by atoms with Gasteiger partial charge < -0.3 is 10.6 Å². The van der Waals surface area contributed by atoms with Gasteiger partial charge in [-0.25, -0.2) is 9.48 Å². The number of para-hydroxylation sites is 1. The number of aromatic nitrogens is 2. The highest BCUT2D eigenvalue weighted by molar-refractivity contribution is 5.90. The lowest BCUT2D eigenvalue weighted by Crippen LogP contribution is -2.42. The van der Waals surface area contributed by atoms with Gasteiger partial charge in [-0.05, 0) is 43.9 Å². The van der Waals surface area contributed by atoms with Gasteiger partial charge in [0.25, 0.3) is 0 Å². The zero-order chi connectivity index (χ0) is 20.5. The van der Waals surface area contributed by atoms with Gasteiger partial charge in [0.2, 0.25) is 0 Å². The molecule has 0 spiro atoms. The lowest BCUT2D eigenvalue weighted by molar-refractivity contribution is 0.248. The number of urea groups is 1. The molecule has 2 aromatic carbocycles. The molecular formula is C24H27N5O. The third-order valence-corrected chi connectivity index (χ3v) is 6.27. The highest BCUT2D eigenvalue weighted by atomic mass is 16.2. The van der Waals surface area contributed by atoms with Crippen molar-refractivity contribution in [2.24, 2.45) is 0 Å². The summed E-state index contributed by atoms with van der Waals surface area (Å²) in [5.41, 5.74) is 4.45. The number of anilines is 1. The van der Waals surface area contributed by atoms with E-state index in [0.29, 0.717) is 6.04 Å². The molecular weight excluding hydrogens is 374 g/mol. The largest absolute Gasteiger partial charge is 0.333 e. The minimum absolute atomic E-state index is 0.0311. The molecule has 30 heavy (non-hydrogen) atoms. The van der Waals surface area contributed by atoms with E-state index in [1.54, 1.807) is 0 Å². The number of nitrogens with zero attached hydrogens (tertiary/aromatic N) is 2. The molecule has 0 unspecified atom stereocenters. The lowest BCUT2D eigenvalue weighted by Gasteiger charge is -2.23. The van der Waals surface area contributed by atoms with Crippen LogP contribution in [0, 0.1) is 0 Å². The Hall–Kier alpha value is -3.12.